The molecular weight excluding hydrogens is 394 g/mol. The SMILES string of the molecule is CC(=O)N[C@@H]1CN(Cc2ccc3c(c2)OCCO3)C[C@H]1c1nc(-c2ccccc2)n[nH]1. The summed E-state index contributed by atoms with van der Waals surface area (Å²) in [6.07, 6.45) is 0. The topological polar surface area (TPSA) is 92.4 Å². The van der Waals surface area contributed by atoms with E-state index in [0.717, 1.165) is 48.1 Å². The van der Waals surface area contributed by atoms with Gasteiger partial charge >= 0.3 is 0 Å². The molecule has 1 amide bonds. The summed E-state index contributed by atoms with van der Waals surface area (Å²) in [5.74, 6) is 3.04. The zero-order valence-electron chi connectivity index (χ0n) is 17.4. The highest BCUT2D eigenvalue weighted by Gasteiger charge is 2.36. The monoisotopic (exact) mass is 419 g/mol. The van der Waals surface area contributed by atoms with Crippen molar-refractivity contribution in [3.05, 3.63) is 59.9 Å². The molecule has 3 aromatic rings. The molecule has 1 saturated heterocycles. The lowest BCUT2D eigenvalue weighted by atomic mass is 10.0. The lowest BCUT2D eigenvalue weighted by Crippen LogP contribution is -2.38. The molecule has 0 radical (unpaired) electrons. The van der Waals surface area contributed by atoms with Gasteiger partial charge in [-0.25, -0.2) is 4.98 Å². The predicted molar refractivity (Wildman–Crippen MR) is 115 cm³/mol. The first-order chi connectivity index (χ1) is 15.2. The quantitative estimate of drug-likeness (QED) is 0.660. The van der Waals surface area contributed by atoms with Crippen LogP contribution < -0.4 is 14.8 Å². The number of hydrogen-bond acceptors (Lipinski definition) is 6. The highest BCUT2D eigenvalue weighted by molar-refractivity contribution is 5.73. The van der Waals surface area contributed by atoms with Gasteiger partial charge in [-0.1, -0.05) is 36.4 Å². The summed E-state index contributed by atoms with van der Waals surface area (Å²) in [5, 5.41) is 10.6. The van der Waals surface area contributed by atoms with Gasteiger partial charge in [-0.3, -0.25) is 14.8 Å². The molecule has 1 fully saturated rings. The van der Waals surface area contributed by atoms with Crippen LogP contribution in [0, 0.1) is 0 Å². The number of benzene rings is 2. The van der Waals surface area contributed by atoms with Gasteiger partial charge in [-0.2, -0.15) is 5.10 Å². The Balaban J connectivity index is 1.34. The Morgan fingerprint density at radius 1 is 1.13 bits per heavy atom. The van der Waals surface area contributed by atoms with Crippen LogP contribution in [0.4, 0.5) is 0 Å². The molecule has 3 heterocycles. The fraction of sp³-hybridized carbons (Fsp3) is 0.348. The number of amides is 1. The van der Waals surface area contributed by atoms with Gasteiger partial charge in [0.1, 0.15) is 19.0 Å². The number of ether oxygens (including phenoxy) is 2. The molecule has 2 N–H and O–H groups in total. The van der Waals surface area contributed by atoms with Crippen molar-refractivity contribution in [2.45, 2.75) is 25.4 Å². The Hall–Kier alpha value is -3.39. The van der Waals surface area contributed by atoms with Crippen molar-refractivity contribution in [2.75, 3.05) is 26.3 Å². The number of rotatable bonds is 5. The van der Waals surface area contributed by atoms with Crippen LogP contribution in [0.15, 0.2) is 48.5 Å². The Morgan fingerprint density at radius 3 is 2.74 bits per heavy atom. The molecule has 5 rings (SSSR count). The number of carbonyl (C=O) groups is 1. The zero-order chi connectivity index (χ0) is 21.2. The van der Waals surface area contributed by atoms with Crippen molar-refractivity contribution in [3.63, 3.8) is 0 Å². The zero-order valence-corrected chi connectivity index (χ0v) is 17.4. The second-order valence-electron chi connectivity index (χ2n) is 8.00. The molecule has 1 aromatic heterocycles. The summed E-state index contributed by atoms with van der Waals surface area (Å²) in [6, 6.07) is 15.9. The van der Waals surface area contributed by atoms with Crippen molar-refractivity contribution in [2.24, 2.45) is 0 Å². The summed E-state index contributed by atoms with van der Waals surface area (Å²) < 4.78 is 11.3. The molecule has 2 aliphatic rings. The second kappa shape index (κ2) is 8.39. The number of nitrogens with zero attached hydrogens (tertiary/aromatic N) is 3. The third-order valence-corrected chi connectivity index (χ3v) is 5.68. The first-order valence-corrected chi connectivity index (χ1v) is 10.5. The molecule has 0 saturated carbocycles. The van der Waals surface area contributed by atoms with E-state index in [9.17, 15) is 4.79 Å². The number of carbonyl (C=O) groups excluding carboxylic acids is 1. The molecule has 2 atom stereocenters. The van der Waals surface area contributed by atoms with E-state index in [1.54, 1.807) is 6.92 Å². The molecule has 2 aliphatic heterocycles. The normalized spacial score (nSPS) is 20.5. The van der Waals surface area contributed by atoms with E-state index in [1.807, 2.05) is 42.5 Å². The number of hydrogen-bond donors (Lipinski definition) is 2. The fourth-order valence-corrected chi connectivity index (χ4v) is 4.30. The third-order valence-electron chi connectivity index (χ3n) is 5.68. The molecular formula is C23H25N5O3. The lowest BCUT2D eigenvalue weighted by Gasteiger charge is -2.21. The van der Waals surface area contributed by atoms with Crippen molar-refractivity contribution < 1.29 is 14.3 Å². The molecule has 0 spiro atoms. The van der Waals surface area contributed by atoms with Crippen molar-refractivity contribution in [1.29, 1.82) is 0 Å². The number of likely N-dealkylation sites (tertiary alicyclic amines) is 1. The van der Waals surface area contributed by atoms with Gasteiger partial charge in [-0.05, 0) is 17.7 Å². The van der Waals surface area contributed by atoms with Gasteiger partial charge in [0.2, 0.25) is 5.91 Å². The Kier molecular flexibility index (Phi) is 5.30. The number of fused-ring (bicyclic) bond motifs is 1. The molecule has 8 heteroatoms. The van der Waals surface area contributed by atoms with Crippen LogP contribution in [-0.4, -0.2) is 58.3 Å². The summed E-state index contributed by atoms with van der Waals surface area (Å²) in [4.78, 5) is 18.9. The molecule has 0 aliphatic carbocycles. The van der Waals surface area contributed by atoms with Crippen LogP contribution in [0.25, 0.3) is 11.4 Å². The van der Waals surface area contributed by atoms with Crippen LogP contribution in [0.5, 0.6) is 11.5 Å². The molecule has 0 unspecified atom stereocenters. The van der Waals surface area contributed by atoms with Gasteiger partial charge in [0.15, 0.2) is 17.3 Å². The molecule has 8 nitrogen and oxygen atoms in total. The van der Waals surface area contributed by atoms with E-state index in [1.165, 1.54) is 0 Å². The molecule has 0 bridgehead atoms. The van der Waals surface area contributed by atoms with Gasteiger partial charge < -0.3 is 14.8 Å². The second-order valence-corrected chi connectivity index (χ2v) is 8.00. The first-order valence-electron chi connectivity index (χ1n) is 10.5. The van der Waals surface area contributed by atoms with E-state index in [0.29, 0.717) is 19.0 Å². The maximum atomic E-state index is 11.8. The Bertz CT molecular complexity index is 1070. The van der Waals surface area contributed by atoms with Crippen LogP contribution in [0.2, 0.25) is 0 Å². The van der Waals surface area contributed by atoms with Crippen molar-refractivity contribution in [3.8, 4) is 22.9 Å². The van der Waals surface area contributed by atoms with Crippen LogP contribution in [0.3, 0.4) is 0 Å². The van der Waals surface area contributed by atoms with Crippen molar-refractivity contribution >= 4 is 5.91 Å². The van der Waals surface area contributed by atoms with E-state index in [2.05, 4.69) is 26.5 Å². The first kappa shape index (κ1) is 19.6. The molecule has 2 aromatic carbocycles. The van der Waals surface area contributed by atoms with E-state index in [-0.39, 0.29) is 17.9 Å². The van der Waals surface area contributed by atoms with Crippen LogP contribution in [-0.2, 0) is 11.3 Å². The molecule has 160 valence electrons. The fourth-order valence-electron chi connectivity index (χ4n) is 4.30. The van der Waals surface area contributed by atoms with Gasteiger partial charge in [0, 0.05) is 32.1 Å². The van der Waals surface area contributed by atoms with Gasteiger partial charge in [-0.15, -0.1) is 0 Å². The number of H-pyrrole nitrogens is 1. The summed E-state index contributed by atoms with van der Waals surface area (Å²) in [5.41, 5.74) is 2.11. The minimum absolute atomic E-state index is 0.0334. The summed E-state index contributed by atoms with van der Waals surface area (Å²) in [6.45, 7) is 4.96. The standard InChI is InChI=1S/C23H25N5O3/c1-15(29)24-19-14-28(12-16-7-8-20-21(11-16)31-10-9-30-20)13-18(19)23-25-22(26-27-23)17-5-3-2-4-6-17/h2-8,11,18-19H,9-10,12-14H2,1H3,(H,24,29)(H,25,26,27)/t18-,19-/m1/s1. The van der Waals surface area contributed by atoms with Gasteiger partial charge in [0.05, 0.1) is 12.0 Å². The molecule has 31 heavy (non-hydrogen) atoms. The third kappa shape index (κ3) is 4.25. The highest BCUT2D eigenvalue weighted by atomic mass is 16.6. The number of aromatic nitrogens is 3. The average Bonchev–Trinajstić information content (AvgIpc) is 3.41. The smallest absolute Gasteiger partial charge is 0.217 e. The number of aromatic amines is 1. The van der Waals surface area contributed by atoms with Crippen LogP contribution in [0.1, 0.15) is 24.2 Å². The van der Waals surface area contributed by atoms with Crippen LogP contribution >= 0.6 is 0 Å². The Morgan fingerprint density at radius 2 is 1.94 bits per heavy atom. The van der Waals surface area contributed by atoms with E-state index >= 15 is 0 Å². The maximum Gasteiger partial charge on any atom is 0.217 e. The maximum absolute atomic E-state index is 11.8. The summed E-state index contributed by atoms with van der Waals surface area (Å²) >= 11 is 0. The highest BCUT2D eigenvalue weighted by Crippen LogP contribution is 2.33. The average molecular weight is 419 g/mol. The minimum Gasteiger partial charge on any atom is -0.486 e. The van der Waals surface area contributed by atoms with Gasteiger partial charge in [0.25, 0.3) is 0 Å². The summed E-state index contributed by atoms with van der Waals surface area (Å²) in [7, 11) is 0. The Labute approximate surface area is 180 Å². The minimum atomic E-state index is -0.0426. The van der Waals surface area contributed by atoms with Crippen molar-refractivity contribution in [1.82, 2.24) is 25.4 Å². The predicted octanol–water partition coefficient (Wildman–Crippen LogP) is 2.35. The largest absolute Gasteiger partial charge is 0.486 e. The van der Waals surface area contributed by atoms with E-state index < -0.39 is 0 Å². The van der Waals surface area contributed by atoms with E-state index in [4.69, 9.17) is 14.5 Å². The number of nitrogens with one attached hydrogen (secondary N) is 2. The lowest BCUT2D eigenvalue weighted by molar-refractivity contribution is -0.119.